The van der Waals surface area contributed by atoms with E-state index in [9.17, 15) is 4.79 Å². The van der Waals surface area contributed by atoms with E-state index in [-0.39, 0.29) is 10.6 Å². The highest BCUT2D eigenvalue weighted by atomic mass is 35.5. The molecule has 0 bridgehead atoms. The van der Waals surface area contributed by atoms with Gasteiger partial charge in [-0.25, -0.2) is 4.68 Å². The summed E-state index contributed by atoms with van der Waals surface area (Å²) in [5.74, 6) is 0. The van der Waals surface area contributed by atoms with Gasteiger partial charge in [-0.05, 0) is 0 Å². The Morgan fingerprint density at radius 2 is 2.24 bits per heavy atom. The molecule has 92 valence electrons. The molecule has 1 aliphatic rings. The van der Waals surface area contributed by atoms with Gasteiger partial charge in [-0.2, -0.15) is 5.10 Å². The molecular formula is C11H15ClN4O. The largest absolute Gasteiger partial charge is 0.366 e. The fraction of sp³-hybridized carbons (Fsp3) is 0.455. The lowest BCUT2D eigenvalue weighted by Gasteiger charge is -2.29. The van der Waals surface area contributed by atoms with Crippen molar-refractivity contribution in [2.24, 2.45) is 0 Å². The van der Waals surface area contributed by atoms with Crippen molar-refractivity contribution >= 4 is 17.3 Å². The lowest BCUT2D eigenvalue weighted by Crippen LogP contribution is -2.44. The van der Waals surface area contributed by atoms with Crippen LogP contribution in [0.5, 0.6) is 0 Å². The molecule has 0 amide bonds. The fourth-order valence-corrected chi connectivity index (χ4v) is 2.10. The van der Waals surface area contributed by atoms with Gasteiger partial charge in [0, 0.05) is 26.2 Å². The molecule has 0 atom stereocenters. The van der Waals surface area contributed by atoms with Crippen molar-refractivity contribution in [2.75, 3.05) is 31.1 Å². The summed E-state index contributed by atoms with van der Waals surface area (Å²) in [6.45, 7) is 7.42. The van der Waals surface area contributed by atoms with Crippen LogP contribution >= 0.6 is 11.6 Å². The first-order chi connectivity index (χ1) is 8.24. The van der Waals surface area contributed by atoms with Gasteiger partial charge in [0.05, 0.1) is 18.4 Å². The van der Waals surface area contributed by atoms with E-state index in [1.807, 2.05) is 0 Å². The topological polar surface area (TPSA) is 50.2 Å². The second-order valence-electron chi connectivity index (χ2n) is 3.86. The van der Waals surface area contributed by atoms with Crippen LogP contribution in [0, 0.1) is 0 Å². The standard InChI is InChI=1S/C11H15ClN4O/c1-2-5-16-11(17)10(12)9(8-14-16)15-6-3-13-4-7-15/h2,8,13H,1,3-7H2. The molecule has 0 aromatic carbocycles. The molecule has 2 rings (SSSR count). The first kappa shape index (κ1) is 12.1. The summed E-state index contributed by atoms with van der Waals surface area (Å²) in [4.78, 5) is 14.0. The smallest absolute Gasteiger partial charge is 0.287 e. The van der Waals surface area contributed by atoms with Gasteiger partial charge in [0.15, 0.2) is 0 Å². The normalized spacial score (nSPS) is 15.9. The number of aromatic nitrogens is 2. The molecule has 1 aliphatic heterocycles. The number of nitrogens with one attached hydrogen (secondary N) is 1. The Labute approximate surface area is 105 Å². The number of nitrogens with zero attached hydrogens (tertiary/aromatic N) is 3. The number of rotatable bonds is 3. The van der Waals surface area contributed by atoms with Crippen LogP contribution in [-0.4, -0.2) is 36.0 Å². The molecule has 1 saturated heterocycles. The van der Waals surface area contributed by atoms with Crippen LogP contribution in [0.2, 0.25) is 5.02 Å². The van der Waals surface area contributed by atoms with Crippen LogP contribution < -0.4 is 15.8 Å². The van der Waals surface area contributed by atoms with E-state index in [4.69, 9.17) is 11.6 Å². The zero-order valence-corrected chi connectivity index (χ0v) is 10.3. The third-order valence-electron chi connectivity index (χ3n) is 2.73. The molecule has 0 radical (unpaired) electrons. The molecule has 0 aliphatic carbocycles. The SMILES string of the molecule is C=CCn1ncc(N2CCNCC2)c(Cl)c1=O. The maximum Gasteiger partial charge on any atom is 0.287 e. The van der Waals surface area contributed by atoms with Crippen molar-refractivity contribution in [1.29, 1.82) is 0 Å². The van der Waals surface area contributed by atoms with Crippen molar-refractivity contribution in [3.8, 4) is 0 Å². The van der Waals surface area contributed by atoms with Crippen LogP contribution in [-0.2, 0) is 6.54 Å². The van der Waals surface area contributed by atoms with E-state index in [0.29, 0.717) is 6.54 Å². The highest BCUT2D eigenvalue weighted by Crippen LogP contribution is 2.20. The van der Waals surface area contributed by atoms with Crippen LogP contribution in [0.15, 0.2) is 23.6 Å². The third-order valence-corrected chi connectivity index (χ3v) is 3.08. The summed E-state index contributed by atoms with van der Waals surface area (Å²) in [6.07, 6.45) is 3.27. The summed E-state index contributed by atoms with van der Waals surface area (Å²) < 4.78 is 1.31. The highest BCUT2D eigenvalue weighted by Gasteiger charge is 2.16. The Bertz CT molecular complexity index is 465. The number of anilines is 1. The van der Waals surface area contributed by atoms with Crippen LogP contribution in [0.3, 0.4) is 0 Å². The van der Waals surface area contributed by atoms with Gasteiger partial charge in [-0.3, -0.25) is 4.79 Å². The van der Waals surface area contributed by atoms with E-state index in [1.165, 1.54) is 4.68 Å². The van der Waals surface area contributed by atoms with Gasteiger partial charge in [-0.1, -0.05) is 17.7 Å². The van der Waals surface area contributed by atoms with Crippen LogP contribution in [0.1, 0.15) is 0 Å². The second kappa shape index (κ2) is 5.33. The second-order valence-corrected chi connectivity index (χ2v) is 4.23. The summed E-state index contributed by atoms with van der Waals surface area (Å²) in [6, 6.07) is 0. The monoisotopic (exact) mass is 254 g/mol. The Balaban J connectivity index is 2.32. The molecular weight excluding hydrogens is 240 g/mol. The van der Waals surface area contributed by atoms with E-state index in [0.717, 1.165) is 31.9 Å². The van der Waals surface area contributed by atoms with Gasteiger partial charge >= 0.3 is 0 Å². The third kappa shape index (κ3) is 2.50. The molecule has 17 heavy (non-hydrogen) atoms. The van der Waals surface area contributed by atoms with Crippen molar-refractivity contribution in [3.63, 3.8) is 0 Å². The van der Waals surface area contributed by atoms with Gasteiger partial charge in [0.2, 0.25) is 0 Å². The van der Waals surface area contributed by atoms with Crippen molar-refractivity contribution < 1.29 is 0 Å². The predicted molar refractivity (Wildman–Crippen MR) is 68.8 cm³/mol. The minimum absolute atomic E-state index is 0.240. The molecule has 5 nitrogen and oxygen atoms in total. The highest BCUT2D eigenvalue weighted by molar-refractivity contribution is 6.33. The zero-order valence-electron chi connectivity index (χ0n) is 9.53. The number of hydrogen-bond donors (Lipinski definition) is 1. The lowest BCUT2D eigenvalue weighted by atomic mass is 10.3. The summed E-state index contributed by atoms with van der Waals surface area (Å²) >= 11 is 6.10. The Kier molecular flexibility index (Phi) is 3.81. The minimum atomic E-state index is -0.261. The molecule has 2 heterocycles. The van der Waals surface area contributed by atoms with E-state index in [2.05, 4.69) is 21.9 Å². The predicted octanol–water partition coefficient (Wildman–Crippen LogP) is 0.492. The first-order valence-corrected chi connectivity index (χ1v) is 5.94. The van der Waals surface area contributed by atoms with E-state index >= 15 is 0 Å². The van der Waals surface area contributed by atoms with Gasteiger partial charge in [-0.15, -0.1) is 6.58 Å². The Hall–Kier alpha value is -1.33. The van der Waals surface area contributed by atoms with Crippen LogP contribution in [0.25, 0.3) is 0 Å². The quantitative estimate of drug-likeness (QED) is 0.798. The molecule has 6 heteroatoms. The fourth-order valence-electron chi connectivity index (χ4n) is 1.83. The number of allylic oxidation sites excluding steroid dienone is 1. The molecule has 1 aromatic heterocycles. The minimum Gasteiger partial charge on any atom is -0.366 e. The molecule has 0 saturated carbocycles. The molecule has 1 N–H and O–H groups in total. The lowest BCUT2D eigenvalue weighted by molar-refractivity contribution is 0.583. The van der Waals surface area contributed by atoms with Gasteiger partial charge in [0.1, 0.15) is 5.02 Å². The Morgan fingerprint density at radius 3 is 2.88 bits per heavy atom. The van der Waals surface area contributed by atoms with Crippen LogP contribution in [0.4, 0.5) is 5.69 Å². The van der Waals surface area contributed by atoms with E-state index in [1.54, 1.807) is 12.3 Å². The maximum absolute atomic E-state index is 11.9. The summed E-state index contributed by atoms with van der Waals surface area (Å²) in [5.41, 5.74) is 0.459. The summed E-state index contributed by atoms with van der Waals surface area (Å²) in [5, 5.41) is 7.58. The van der Waals surface area contributed by atoms with Gasteiger partial charge < -0.3 is 10.2 Å². The van der Waals surface area contributed by atoms with E-state index < -0.39 is 0 Å². The number of hydrogen-bond acceptors (Lipinski definition) is 4. The molecule has 1 aromatic rings. The number of halogens is 1. The zero-order chi connectivity index (χ0) is 12.3. The van der Waals surface area contributed by atoms with Crippen molar-refractivity contribution in [3.05, 3.63) is 34.2 Å². The summed E-state index contributed by atoms with van der Waals surface area (Å²) in [7, 11) is 0. The molecule has 1 fully saturated rings. The maximum atomic E-state index is 11.9. The average molecular weight is 255 g/mol. The molecule has 0 unspecified atom stereocenters. The average Bonchev–Trinajstić information content (AvgIpc) is 2.36. The Morgan fingerprint density at radius 1 is 1.53 bits per heavy atom. The molecule has 0 spiro atoms. The number of piperazine rings is 1. The van der Waals surface area contributed by atoms with Gasteiger partial charge in [0.25, 0.3) is 5.56 Å². The van der Waals surface area contributed by atoms with Crippen molar-refractivity contribution in [2.45, 2.75) is 6.54 Å². The van der Waals surface area contributed by atoms with Crippen molar-refractivity contribution in [1.82, 2.24) is 15.1 Å². The first-order valence-electron chi connectivity index (χ1n) is 5.56.